The van der Waals surface area contributed by atoms with Gasteiger partial charge < -0.3 is 4.57 Å². The van der Waals surface area contributed by atoms with Crippen molar-refractivity contribution in [3.63, 3.8) is 0 Å². The number of para-hydroxylation sites is 3. The van der Waals surface area contributed by atoms with Gasteiger partial charge in [0.2, 0.25) is 5.95 Å². The summed E-state index contributed by atoms with van der Waals surface area (Å²) in [6.07, 6.45) is 0. The van der Waals surface area contributed by atoms with E-state index in [1.807, 2.05) is 36.4 Å². The summed E-state index contributed by atoms with van der Waals surface area (Å²) >= 11 is 0. The van der Waals surface area contributed by atoms with Gasteiger partial charge >= 0.3 is 0 Å². The molecule has 0 unspecified atom stereocenters. The second-order valence-electron chi connectivity index (χ2n) is 12.5. The van der Waals surface area contributed by atoms with Gasteiger partial charge in [-0.05, 0) is 41.5 Å². The highest BCUT2D eigenvalue weighted by molar-refractivity contribution is 6.28. The van der Waals surface area contributed by atoms with Crippen LogP contribution in [-0.4, -0.2) is 24.1 Å². The van der Waals surface area contributed by atoms with Gasteiger partial charge in [0.15, 0.2) is 11.6 Å². The lowest BCUT2D eigenvalue weighted by molar-refractivity contribution is 0.953. The molecule has 0 aliphatic rings. The van der Waals surface area contributed by atoms with Crippen LogP contribution in [0.2, 0.25) is 0 Å². The summed E-state index contributed by atoms with van der Waals surface area (Å²) in [5.41, 5.74) is 9.64. The predicted molar refractivity (Wildman–Crippen MR) is 205 cm³/mol. The van der Waals surface area contributed by atoms with E-state index in [1.54, 1.807) is 0 Å². The molecule has 0 atom stereocenters. The molecule has 0 aliphatic heterocycles. The summed E-state index contributed by atoms with van der Waals surface area (Å²) in [4.78, 5) is 15.5. The van der Waals surface area contributed by atoms with Crippen molar-refractivity contribution in [2.45, 2.75) is 0 Å². The third kappa shape index (κ3) is 4.37. The summed E-state index contributed by atoms with van der Waals surface area (Å²) in [5, 5.41) is 4.64. The molecular weight excluding hydrogens is 611 g/mol. The standard InChI is InChI=1S/C45H29N5/c1-5-17-30(18-6-1)36-29-37-34-25-13-15-27-38(34)50(41(37)42-40(36)35-26-14-16-28-39(35)49(42)33-23-11-4-12-24-33)45-47-43(31-19-7-2-8-20-31)46-44(48-45)32-21-9-3-10-22-32/h1-29H. The summed E-state index contributed by atoms with van der Waals surface area (Å²) < 4.78 is 4.66. The number of nitrogens with zero attached hydrogens (tertiary/aromatic N) is 5. The molecule has 10 aromatic rings. The first kappa shape index (κ1) is 28.2. The quantitative estimate of drug-likeness (QED) is 0.188. The Labute approximate surface area is 288 Å². The second-order valence-corrected chi connectivity index (χ2v) is 12.5. The lowest BCUT2D eigenvalue weighted by Crippen LogP contribution is -2.07. The zero-order chi connectivity index (χ0) is 33.0. The molecule has 3 aromatic heterocycles. The summed E-state index contributed by atoms with van der Waals surface area (Å²) in [5.74, 6) is 1.82. The molecule has 234 valence electrons. The average Bonchev–Trinajstić information content (AvgIpc) is 3.72. The van der Waals surface area contributed by atoms with E-state index >= 15 is 0 Å². The van der Waals surface area contributed by atoms with Gasteiger partial charge in [-0.3, -0.25) is 4.57 Å². The number of rotatable bonds is 5. The number of fused-ring (bicyclic) bond motifs is 7. The molecule has 0 spiro atoms. The fraction of sp³-hybridized carbons (Fsp3) is 0. The number of aromatic nitrogens is 5. The van der Waals surface area contributed by atoms with Crippen LogP contribution in [0.15, 0.2) is 176 Å². The highest BCUT2D eigenvalue weighted by Crippen LogP contribution is 2.46. The predicted octanol–water partition coefficient (Wildman–Crippen LogP) is 11.1. The Bertz CT molecular complexity index is 2780. The van der Waals surface area contributed by atoms with Crippen molar-refractivity contribution in [1.82, 2.24) is 24.1 Å². The maximum Gasteiger partial charge on any atom is 0.238 e. The van der Waals surface area contributed by atoms with Crippen molar-refractivity contribution < 1.29 is 0 Å². The first-order valence-electron chi connectivity index (χ1n) is 16.8. The molecule has 5 nitrogen and oxygen atoms in total. The van der Waals surface area contributed by atoms with E-state index < -0.39 is 0 Å². The molecule has 3 heterocycles. The molecular formula is C45H29N5. The first-order chi connectivity index (χ1) is 24.8. The summed E-state index contributed by atoms with van der Waals surface area (Å²) in [6, 6.07) is 61.4. The Morgan fingerprint density at radius 2 is 0.840 bits per heavy atom. The van der Waals surface area contributed by atoms with Crippen LogP contribution >= 0.6 is 0 Å². The highest BCUT2D eigenvalue weighted by Gasteiger charge is 2.25. The van der Waals surface area contributed by atoms with Crippen molar-refractivity contribution in [2.24, 2.45) is 0 Å². The van der Waals surface area contributed by atoms with Gasteiger partial charge in [0.25, 0.3) is 0 Å². The number of hydrogen-bond donors (Lipinski definition) is 0. The molecule has 7 aromatic carbocycles. The van der Waals surface area contributed by atoms with Crippen molar-refractivity contribution in [1.29, 1.82) is 0 Å². The number of hydrogen-bond acceptors (Lipinski definition) is 3. The van der Waals surface area contributed by atoms with Crippen LogP contribution < -0.4 is 0 Å². The smallest absolute Gasteiger partial charge is 0.238 e. The van der Waals surface area contributed by atoms with E-state index in [-0.39, 0.29) is 0 Å². The van der Waals surface area contributed by atoms with Gasteiger partial charge in [-0.1, -0.05) is 146 Å². The summed E-state index contributed by atoms with van der Waals surface area (Å²) in [7, 11) is 0. The number of benzene rings is 7. The SMILES string of the molecule is c1ccc(-c2nc(-c3ccccc3)nc(-n3c4ccccc4c4cc(-c5ccccc5)c5c6ccccc6n(-c6ccccc6)c5c43)n2)cc1. The molecule has 0 N–H and O–H groups in total. The van der Waals surface area contributed by atoms with E-state index in [0.717, 1.165) is 49.7 Å². The Morgan fingerprint density at radius 3 is 1.44 bits per heavy atom. The molecule has 0 radical (unpaired) electrons. The molecule has 0 aliphatic carbocycles. The minimum atomic E-state index is 0.572. The zero-order valence-corrected chi connectivity index (χ0v) is 27.0. The van der Waals surface area contributed by atoms with Crippen molar-refractivity contribution in [2.75, 3.05) is 0 Å². The molecule has 0 fully saturated rings. The largest absolute Gasteiger partial charge is 0.307 e. The van der Waals surface area contributed by atoms with Gasteiger partial charge in [0, 0.05) is 38.4 Å². The molecule has 0 saturated carbocycles. The summed E-state index contributed by atoms with van der Waals surface area (Å²) in [6.45, 7) is 0. The van der Waals surface area contributed by atoms with E-state index in [4.69, 9.17) is 15.0 Å². The van der Waals surface area contributed by atoms with Gasteiger partial charge in [-0.2, -0.15) is 9.97 Å². The zero-order valence-electron chi connectivity index (χ0n) is 27.0. The molecule has 10 rings (SSSR count). The second kappa shape index (κ2) is 11.4. The Hall–Kier alpha value is -6.85. The van der Waals surface area contributed by atoms with Gasteiger partial charge in [0.1, 0.15) is 0 Å². The maximum absolute atomic E-state index is 5.25. The van der Waals surface area contributed by atoms with Crippen molar-refractivity contribution >= 4 is 43.6 Å². The monoisotopic (exact) mass is 639 g/mol. The van der Waals surface area contributed by atoms with E-state index in [9.17, 15) is 0 Å². The van der Waals surface area contributed by atoms with Gasteiger partial charge in [-0.15, -0.1) is 0 Å². The minimum Gasteiger partial charge on any atom is -0.307 e. The van der Waals surface area contributed by atoms with Crippen LogP contribution in [-0.2, 0) is 0 Å². The van der Waals surface area contributed by atoms with Crippen LogP contribution in [0.4, 0.5) is 0 Å². The molecule has 0 bridgehead atoms. The lowest BCUT2D eigenvalue weighted by Gasteiger charge is -2.14. The van der Waals surface area contributed by atoms with Crippen molar-refractivity contribution in [3.8, 4) is 45.5 Å². The molecule has 0 amide bonds. The van der Waals surface area contributed by atoms with Gasteiger partial charge in [-0.25, -0.2) is 4.98 Å². The van der Waals surface area contributed by atoms with Crippen LogP contribution in [0.5, 0.6) is 0 Å². The third-order valence-corrected chi connectivity index (χ3v) is 9.56. The fourth-order valence-electron chi connectivity index (χ4n) is 7.39. The van der Waals surface area contributed by atoms with Crippen molar-refractivity contribution in [3.05, 3.63) is 176 Å². The van der Waals surface area contributed by atoms with Crippen LogP contribution in [0.1, 0.15) is 0 Å². The third-order valence-electron chi connectivity index (χ3n) is 9.56. The molecule has 0 saturated heterocycles. The topological polar surface area (TPSA) is 48.5 Å². The van der Waals surface area contributed by atoms with E-state index in [2.05, 4.69) is 149 Å². The van der Waals surface area contributed by atoms with Crippen LogP contribution in [0.3, 0.4) is 0 Å². The average molecular weight is 640 g/mol. The van der Waals surface area contributed by atoms with E-state index in [1.165, 1.54) is 21.9 Å². The lowest BCUT2D eigenvalue weighted by atomic mass is 9.96. The normalized spacial score (nSPS) is 11.6. The fourth-order valence-corrected chi connectivity index (χ4v) is 7.39. The molecule has 5 heteroatoms. The highest BCUT2D eigenvalue weighted by atomic mass is 15.2. The van der Waals surface area contributed by atoms with Crippen LogP contribution in [0.25, 0.3) is 89.2 Å². The van der Waals surface area contributed by atoms with Crippen LogP contribution in [0, 0.1) is 0 Å². The Kier molecular flexibility index (Phi) is 6.42. The maximum atomic E-state index is 5.25. The van der Waals surface area contributed by atoms with E-state index in [0.29, 0.717) is 17.6 Å². The Balaban J connectivity index is 1.44. The Morgan fingerprint density at radius 1 is 0.360 bits per heavy atom. The van der Waals surface area contributed by atoms with Gasteiger partial charge in [0.05, 0.1) is 22.1 Å². The molecule has 50 heavy (non-hydrogen) atoms. The first-order valence-corrected chi connectivity index (χ1v) is 16.8. The minimum absolute atomic E-state index is 0.572.